The Bertz CT molecular complexity index is 1060. The molecule has 5 N–H and O–H groups in total. The van der Waals surface area contributed by atoms with Gasteiger partial charge in [-0.05, 0) is 95.0 Å². The summed E-state index contributed by atoms with van der Waals surface area (Å²) in [5.41, 5.74) is 5.89. The van der Waals surface area contributed by atoms with E-state index >= 15 is 0 Å². The number of benzene rings is 2. The molecule has 0 aliphatic carbocycles. The molecule has 6 nitrogen and oxygen atoms in total. The van der Waals surface area contributed by atoms with E-state index in [2.05, 4.69) is 61.4 Å². The first-order valence-electron chi connectivity index (χ1n) is 16.0. The Labute approximate surface area is 270 Å². The Morgan fingerprint density at radius 1 is 1.00 bits per heavy atom. The highest BCUT2D eigenvalue weighted by Gasteiger charge is 2.10. The van der Waals surface area contributed by atoms with Crippen molar-refractivity contribution in [2.75, 3.05) is 32.1 Å². The summed E-state index contributed by atoms with van der Waals surface area (Å²) in [5.74, 6) is 1.05. The van der Waals surface area contributed by atoms with Crippen LogP contribution in [0.3, 0.4) is 0 Å². The van der Waals surface area contributed by atoms with Crippen LogP contribution in [0.25, 0.3) is 0 Å². The number of hydrogen-bond donors (Lipinski definition) is 5. The summed E-state index contributed by atoms with van der Waals surface area (Å²) in [5, 5.41) is 35.1. The number of aliphatic hydroxyl groups is 2. The molecule has 2 rings (SSSR count). The van der Waals surface area contributed by atoms with Gasteiger partial charge in [-0.1, -0.05) is 77.1 Å². The zero-order valence-electron chi connectivity index (χ0n) is 29.6. The van der Waals surface area contributed by atoms with Crippen LogP contribution in [0, 0.1) is 0 Å². The van der Waals surface area contributed by atoms with Crippen LogP contribution in [0.5, 0.6) is 5.75 Å². The van der Waals surface area contributed by atoms with Gasteiger partial charge in [0.1, 0.15) is 11.5 Å². The third-order valence-corrected chi connectivity index (χ3v) is 5.95. The molecule has 0 aliphatic rings. The highest BCUT2D eigenvalue weighted by molar-refractivity contribution is 5.44. The van der Waals surface area contributed by atoms with Crippen LogP contribution in [0.2, 0.25) is 0 Å². The Morgan fingerprint density at radius 3 is 2.07 bits per heavy atom. The zero-order chi connectivity index (χ0) is 34.3. The van der Waals surface area contributed by atoms with Gasteiger partial charge in [0.15, 0.2) is 0 Å². The van der Waals surface area contributed by atoms with E-state index in [1.54, 1.807) is 18.2 Å². The maximum Gasteiger partial charge on any atom is 0.121 e. The van der Waals surface area contributed by atoms with E-state index in [4.69, 9.17) is 9.84 Å². The normalized spacial score (nSPS) is 11.5. The predicted octanol–water partition coefficient (Wildman–Crippen LogP) is 9.27. The van der Waals surface area contributed by atoms with Crippen molar-refractivity contribution in [2.45, 2.75) is 94.8 Å². The third kappa shape index (κ3) is 20.6. The van der Waals surface area contributed by atoms with Crippen LogP contribution in [-0.2, 0) is 17.8 Å². The Hall–Kier alpha value is -3.32. The Morgan fingerprint density at radius 2 is 1.59 bits per heavy atom. The predicted molar refractivity (Wildman–Crippen MR) is 193 cm³/mol. The van der Waals surface area contributed by atoms with Gasteiger partial charge in [-0.3, -0.25) is 0 Å². The molecular formula is C38H64N2O4. The monoisotopic (exact) mass is 612 g/mol. The largest absolute Gasteiger partial charge is 0.508 e. The molecule has 0 aromatic heterocycles. The molecule has 44 heavy (non-hydrogen) atoms. The van der Waals surface area contributed by atoms with Crippen molar-refractivity contribution in [3.8, 4) is 5.75 Å². The second-order valence-corrected chi connectivity index (χ2v) is 9.06. The second kappa shape index (κ2) is 31.1. The molecule has 2 aromatic rings. The molecule has 0 spiro atoms. The molecule has 0 aliphatic heterocycles. The zero-order valence-corrected chi connectivity index (χ0v) is 29.6. The van der Waals surface area contributed by atoms with Gasteiger partial charge >= 0.3 is 0 Å². The molecule has 250 valence electrons. The number of aliphatic hydroxyl groups excluding tert-OH is 2. The van der Waals surface area contributed by atoms with Gasteiger partial charge in [0, 0.05) is 30.4 Å². The van der Waals surface area contributed by atoms with Gasteiger partial charge in [-0.25, -0.2) is 0 Å². The lowest BCUT2D eigenvalue weighted by Gasteiger charge is -2.14. The summed E-state index contributed by atoms with van der Waals surface area (Å²) >= 11 is 0. The van der Waals surface area contributed by atoms with E-state index in [0.29, 0.717) is 17.7 Å². The summed E-state index contributed by atoms with van der Waals surface area (Å²) in [6, 6.07) is 13.0. The number of ether oxygens (including phenoxy) is 1. The first-order valence-corrected chi connectivity index (χ1v) is 16.0. The summed E-state index contributed by atoms with van der Waals surface area (Å²) in [7, 11) is 1.89. The number of hydrogen-bond acceptors (Lipinski definition) is 6. The minimum absolute atomic E-state index is 0.0430. The van der Waals surface area contributed by atoms with Crippen LogP contribution in [0.15, 0.2) is 90.3 Å². The van der Waals surface area contributed by atoms with Crippen LogP contribution < -0.4 is 10.6 Å². The van der Waals surface area contributed by atoms with E-state index < -0.39 is 6.10 Å². The van der Waals surface area contributed by atoms with Crippen molar-refractivity contribution < 1.29 is 20.1 Å². The summed E-state index contributed by atoms with van der Waals surface area (Å²) in [6.45, 7) is 25.2. The van der Waals surface area contributed by atoms with E-state index in [1.807, 2.05) is 74.6 Å². The van der Waals surface area contributed by atoms with Gasteiger partial charge < -0.3 is 30.7 Å². The molecule has 0 bridgehead atoms. The van der Waals surface area contributed by atoms with E-state index in [1.165, 1.54) is 22.8 Å². The molecule has 0 saturated heterocycles. The summed E-state index contributed by atoms with van der Waals surface area (Å²) in [4.78, 5) is 0. The van der Waals surface area contributed by atoms with E-state index in [-0.39, 0.29) is 12.4 Å². The highest BCUT2D eigenvalue weighted by Crippen LogP contribution is 2.22. The molecule has 0 radical (unpaired) electrons. The van der Waals surface area contributed by atoms with Crippen LogP contribution in [0.1, 0.15) is 98.5 Å². The molecule has 6 heteroatoms. The standard InChI is InChI=1S/C18H24N2O3.C13H22O.C3H6.2C2H6/c1-19-16-5-2-13(3-6-16)8-9-20-11-18(23)14-4-7-17(22)15(10-14)12-21;1-6-9-10-13(11(4)7-2)12(5)14-8-3;1-3-2;2*1-2/h2-7,10,18-23H,8-9,11-12H2,1H3;7,9-10H,6,8H2,1-5H3;3H,1H2,2H3;2*1-2H3/b;10-9-,11-7+,13-12-;;;. The molecular weight excluding hydrogens is 548 g/mol. The fourth-order valence-electron chi connectivity index (χ4n) is 3.58. The van der Waals surface area contributed by atoms with Gasteiger partial charge in [0.2, 0.25) is 0 Å². The average Bonchev–Trinajstić information content (AvgIpc) is 3.06. The molecule has 0 saturated carbocycles. The lowest BCUT2D eigenvalue weighted by molar-refractivity contribution is 0.174. The lowest BCUT2D eigenvalue weighted by Crippen LogP contribution is -2.23. The Balaban J connectivity index is -0.000000686. The van der Waals surface area contributed by atoms with Gasteiger partial charge in [0.05, 0.1) is 19.3 Å². The van der Waals surface area contributed by atoms with Crippen molar-refractivity contribution in [1.29, 1.82) is 0 Å². The SMILES string of the molecule is C/C=C(C)/C(/C=C\CC)=C(/C)OCC.C=CC.CC.CC.CNc1ccc(CCNCC(O)c2ccc(O)c(CO)c2)cc1. The quantitative estimate of drug-likeness (QED) is 0.0670. The van der Waals surface area contributed by atoms with Gasteiger partial charge in [0.25, 0.3) is 0 Å². The first kappa shape index (κ1) is 45.1. The van der Waals surface area contributed by atoms with Crippen LogP contribution >= 0.6 is 0 Å². The average molecular weight is 613 g/mol. The maximum atomic E-state index is 10.2. The number of anilines is 1. The molecule has 1 atom stereocenters. The Kier molecular flexibility index (Phi) is 31.9. The fraction of sp³-hybridized carbons (Fsp3) is 0.474. The van der Waals surface area contributed by atoms with Crippen LogP contribution in [0.4, 0.5) is 5.69 Å². The molecule has 2 aromatic carbocycles. The molecule has 0 amide bonds. The third-order valence-electron chi connectivity index (χ3n) is 5.95. The summed E-state index contributed by atoms with van der Waals surface area (Å²) < 4.78 is 5.51. The van der Waals surface area contributed by atoms with E-state index in [0.717, 1.165) is 37.4 Å². The minimum atomic E-state index is -0.674. The number of phenols is 1. The molecule has 1 unspecified atom stereocenters. The topological polar surface area (TPSA) is 94.0 Å². The van der Waals surface area contributed by atoms with Crippen molar-refractivity contribution >= 4 is 5.69 Å². The summed E-state index contributed by atoms with van der Waals surface area (Å²) in [6.07, 6.45) is 9.42. The first-order chi connectivity index (χ1) is 21.2. The van der Waals surface area contributed by atoms with Crippen molar-refractivity contribution in [3.05, 3.63) is 107 Å². The second-order valence-electron chi connectivity index (χ2n) is 9.06. The number of allylic oxidation sites excluding steroid dienone is 7. The number of aromatic hydroxyl groups is 1. The van der Waals surface area contributed by atoms with Crippen LogP contribution in [-0.4, -0.2) is 42.1 Å². The smallest absolute Gasteiger partial charge is 0.121 e. The number of nitrogens with one attached hydrogen (secondary N) is 2. The molecule has 0 heterocycles. The van der Waals surface area contributed by atoms with Crippen molar-refractivity contribution in [2.24, 2.45) is 0 Å². The maximum absolute atomic E-state index is 10.2. The number of rotatable bonds is 13. The minimum Gasteiger partial charge on any atom is -0.508 e. The fourth-order valence-corrected chi connectivity index (χ4v) is 3.58. The molecule has 0 fully saturated rings. The highest BCUT2D eigenvalue weighted by atomic mass is 16.5. The van der Waals surface area contributed by atoms with E-state index in [9.17, 15) is 10.2 Å². The van der Waals surface area contributed by atoms with Gasteiger partial charge in [-0.15, -0.1) is 6.58 Å². The van der Waals surface area contributed by atoms with Crippen molar-refractivity contribution in [3.63, 3.8) is 0 Å². The van der Waals surface area contributed by atoms with Crippen molar-refractivity contribution in [1.82, 2.24) is 5.32 Å². The van der Waals surface area contributed by atoms with Gasteiger partial charge in [-0.2, -0.15) is 0 Å². The lowest BCUT2D eigenvalue weighted by atomic mass is 10.1.